The van der Waals surface area contributed by atoms with Gasteiger partial charge in [0, 0.05) is 4.90 Å². The van der Waals surface area contributed by atoms with Gasteiger partial charge in [0.1, 0.15) is 5.78 Å². The number of hydrogen-bond acceptors (Lipinski definition) is 5. The van der Waals surface area contributed by atoms with Crippen LogP contribution in [0.2, 0.25) is 0 Å². The van der Waals surface area contributed by atoms with Gasteiger partial charge in [-0.25, -0.2) is 4.79 Å². The molecule has 1 N–H and O–H groups in total. The molecule has 0 bridgehead atoms. The van der Waals surface area contributed by atoms with Gasteiger partial charge >= 0.3 is 12.1 Å². The smallest absolute Gasteiger partial charge is 0.418 e. The molecule has 2 rings (SSSR count). The van der Waals surface area contributed by atoms with E-state index in [2.05, 4.69) is 5.32 Å². The minimum atomic E-state index is -4.63. The lowest BCUT2D eigenvalue weighted by Gasteiger charge is -2.13. The van der Waals surface area contributed by atoms with Crippen LogP contribution in [0.5, 0.6) is 0 Å². The summed E-state index contributed by atoms with van der Waals surface area (Å²) in [6, 6.07) is 10.9. The highest BCUT2D eigenvalue weighted by atomic mass is 32.2. The first kappa shape index (κ1) is 21.5. The third kappa shape index (κ3) is 6.12. The summed E-state index contributed by atoms with van der Waals surface area (Å²) >= 11 is 1.15. The van der Waals surface area contributed by atoms with Crippen molar-refractivity contribution in [3.63, 3.8) is 0 Å². The average molecular weight is 411 g/mol. The second kappa shape index (κ2) is 9.41. The van der Waals surface area contributed by atoms with Crippen molar-refractivity contribution in [2.45, 2.75) is 18.0 Å². The minimum absolute atomic E-state index is 0.0733. The summed E-state index contributed by atoms with van der Waals surface area (Å²) in [5.74, 6) is -1.63. The number of hydrogen-bond donors (Lipinski definition) is 1. The van der Waals surface area contributed by atoms with Crippen molar-refractivity contribution in [1.82, 2.24) is 0 Å². The zero-order chi connectivity index (χ0) is 20.7. The Balaban J connectivity index is 2.01. The molecule has 0 spiro atoms. The number of carbonyl (C=O) groups is 3. The van der Waals surface area contributed by atoms with Gasteiger partial charge in [-0.15, -0.1) is 11.8 Å². The largest absolute Gasteiger partial charge is 0.452 e. The van der Waals surface area contributed by atoms with Crippen molar-refractivity contribution >= 4 is 35.1 Å². The molecule has 0 fully saturated rings. The lowest BCUT2D eigenvalue weighted by molar-refractivity contribution is -0.137. The van der Waals surface area contributed by atoms with Crippen LogP contribution in [-0.4, -0.2) is 30.0 Å². The van der Waals surface area contributed by atoms with Gasteiger partial charge in [0.15, 0.2) is 6.61 Å². The topological polar surface area (TPSA) is 72.5 Å². The lowest BCUT2D eigenvalue weighted by Crippen LogP contribution is -2.23. The van der Waals surface area contributed by atoms with Crippen LogP contribution in [0.4, 0.5) is 18.9 Å². The standard InChI is InChI=1S/C19H16F3NO4S/c1-12(24)11-28-16-9-5-2-6-13(16)18(26)27-10-17(25)23-15-8-4-3-7-14(15)19(20,21)22/h2-9H,10-11H2,1H3,(H,23,25). The van der Waals surface area contributed by atoms with Crippen molar-refractivity contribution in [2.24, 2.45) is 0 Å². The Kier molecular flexibility index (Phi) is 7.22. The first-order valence-electron chi connectivity index (χ1n) is 8.03. The number of ether oxygens (including phenoxy) is 1. The third-order valence-electron chi connectivity index (χ3n) is 3.38. The van der Waals surface area contributed by atoms with Gasteiger partial charge in [0.05, 0.1) is 22.6 Å². The van der Waals surface area contributed by atoms with E-state index in [-0.39, 0.29) is 17.1 Å². The molecule has 0 aliphatic rings. The van der Waals surface area contributed by atoms with Crippen molar-refractivity contribution in [3.8, 4) is 0 Å². The number of alkyl halides is 3. The lowest BCUT2D eigenvalue weighted by atomic mass is 10.1. The number of benzene rings is 2. The molecule has 1 amide bonds. The molecule has 0 aromatic heterocycles. The van der Waals surface area contributed by atoms with Crippen LogP contribution >= 0.6 is 11.8 Å². The fourth-order valence-electron chi connectivity index (χ4n) is 2.17. The van der Waals surface area contributed by atoms with Gasteiger partial charge < -0.3 is 10.1 Å². The van der Waals surface area contributed by atoms with Gasteiger partial charge in [-0.3, -0.25) is 9.59 Å². The molecule has 2 aromatic carbocycles. The van der Waals surface area contributed by atoms with Crippen molar-refractivity contribution in [3.05, 3.63) is 59.7 Å². The summed E-state index contributed by atoms with van der Waals surface area (Å²) in [6.45, 7) is 0.661. The Morgan fingerprint density at radius 3 is 2.36 bits per heavy atom. The highest BCUT2D eigenvalue weighted by molar-refractivity contribution is 8.00. The van der Waals surface area contributed by atoms with Gasteiger partial charge in [0.2, 0.25) is 0 Å². The number of thioether (sulfide) groups is 1. The maximum Gasteiger partial charge on any atom is 0.418 e. The second-order valence-electron chi connectivity index (χ2n) is 5.65. The summed E-state index contributed by atoms with van der Waals surface area (Å²) in [4.78, 5) is 35.8. The Hall–Kier alpha value is -2.81. The molecule has 0 radical (unpaired) electrons. The summed E-state index contributed by atoms with van der Waals surface area (Å²) < 4.78 is 43.7. The predicted molar refractivity (Wildman–Crippen MR) is 98.2 cm³/mol. The number of Topliss-reactive ketones (excluding diaryl/α,β-unsaturated/α-hetero) is 1. The van der Waals surface area contributed by atoms with Gasteiger partial charge in [0.25, 0.3) is 5.91 Å². The number of rotatable bonds is 7. The Morgan fingerprint density at radius 2 is 1.68 bits per heavy atom. The monoisotopic (exact) mass is 411 g/mol. The Bertz CT molecular complexity index is 883. The molecule has 0 atom stereocenters. The van der Waals surface area contributed by atoms with Gasteiger partial charge in [-0.2, -0.15) is 13.2 Å². The number of ketones is 1. The summed E-state index contributed by atoms with van der Waals surface area (Å²) in [6.07, 6.45) is -4.63. The Morgan fingerprint density at radius 1 is 1.04 bits per heavy atom. The number of anilines is 1. The molecular weight excluding hydrogens is 395 g/mol. The zero-order valence-electron chi connectivity index (χ0n) is 14.7. The van der Waals surface area contributed by atoms with E-state index >= 15 is 0 Å². The summed E-state index contributed by atoms with van der Waals surface area (Å²) in [5, 5.41) is 2.09. The first-order chi connectivity index (χ1) is 13.2. The highest BCUT2D eigenvalue weighted by Gasteiger charge is 2.33. The van der Waals surface area contributed by atoms with E-state index in [0.717, 1.165) is 23.9 Å². The molecule has 148 valence electrons. The number of para-hydroxylation sites is 1. The normalized spacial score (nSPS) is 11.0. The van der Waals surface area contributed by atoms with Gasteiger partial charge in [-0.1, -0.05) is 24.3 Å². The SMILES string of the molecule is CC(=O)CSc1ccccc1C(=O)OCC(=O)Nc1ccccc1C(F)(F)F. The molecule has 0 heterocycles. The maximum atomic E-state index is 12.9. The average Bonchev–Trinajstić information content (AvgIpc) is 2.64. The van der Waals surface area contributed by atoms with Crippen molar-refractivity contribution in [1.29, 1.82) is 0 Å². The molecule has 0 unspecified atom stereocenters. The summed E-state index contributed by atoms with van der Waals surface area (Å²) in [5.41, 5.74) is -1.26. The second-order valence-corrected chi connectivity index (χ2v) is 6.67. The van der Waals surface area contributed by atoms with E-state index in [1.54, 1.807) is 18.2 Å². The number of esters is 1. The number of amides is 1. The van der Waals surface area contributed by atoms with E-state index in [9.17, 15) is 27.6 Å². The van der Waals surface area contributed by atoms with E-state index < -0.39 is 35.9 Å². The van der Waals surface area contributed by atoms with Crippen LogP contribution in [0.1, 0.15) is 22.8 Å². The van der Waals surface area contributed by atoms with Gasteiger partial charge in [-0.05, 0) is 31.2 Å². The van der Waals surface area contributed by atoms with Crippen LogP contribution in [-0.2, 0) is 20.5 Å². The number of halogens is 3. The molecule has 0 saturated heterocycles. The first-order valence-corrected chi connectivity index (χ1v) is 9.01. The van der Waals surface area contributed by atoms with Crippen LogP contribution in [0.3, 0.4) is 0 Å². The zero-order valence-corrected chi connectivity index (χ0v) is 15.5. The van der Waals surface area contributed by atoms with E-state index in [1.807, 2.05) is 0 Å². The summed E-state index contributed by atoms with van der Waals surface area (Å²) in [7, 11) is 0. The van der Waals surface area contributed by atoms with Crippen LogP contribution < -0.4 is 5.32 Å². The van der Waals surface area contributed by atoms with Crippen LogP contribution in [0.25, 0.3) is 0 Å². The molecular formula is C19H16F3NO4S. The quantitative estimate of drug-likeness (QED) is 0.547. The maximum absolute atomic E-state index is 12.9. The fourth-order valence-corrected chi connectivity index (χ4v) is 3.02. The number of nitrogens with one attached hydrogen (secondary N) is 1. The predicted octanol–water partition coefficient (Wildman–Crippen LogP) is 4.18. The highest BCUT2D eigenvalue weighted by Crippen LogP contribution is 2.34. The van der Waals surface area contributed by atoms with E-state index in [0.29, 0.717) is 4.90 Å². The molecule has 0 saturated carbocycles. The van der Waals surface area contributed by atoms with Crippen molar-refractivity contribution in [2.75, 3.05) is 17.7 Å². The fraction of sp³-hybridized carbons (Fsp3) is 0.211. The van der Waals surface area contributed by atoms with E-state index in [1.165, 1.54) is 25.1 Å². The van der Waals surface area contributed by atoms with Crippen LogP contribution in [0, 0.1) is 0 Å². The molecule has 9 heteroatoms. The Labute approximate surface area is 163 Å². The van der Waals surface area contributed by atoms with Crippen molar-refractivity contribution < 1.29 is 32.3 Å². The molecule has 0 aliphatic heterocycles. The number of carbonyl (C=O) groups excluding carboxylic acids is 3. The molecule has 5 nitrogen and oxygen atoms in total. The molecule has 2 aromatic rings. The molecule has 0 aliphatic carbocycles. The molecule has 28 heavy (non-hydrogen) atoms. The minimum Gasteiger partial charge on any atom is -0.452 e. The van der Waals surface area contributed by atoms with E-state index in [4.69, 9.17) is 4.74 Å². The third-order valence-corrected chi connectivity index (χ3v) is 4.60. The van der Waals surface area contributed by atoms with Crippen LogP contribution in [0.15, 0.2) is 53.4 Å².